The number of carbonyl (C=O) groups is 1. The van der Waals surface area contributed by atoms with E-state index in [2.05, 4.69) is 10.5 Å². The van der Waals surface area contributed by atoms with Crippen LogP contribution in [0.2, 0.25) is 0 Å². The van der Waals surface area contributed by atoms with Crippen LogP contribution in [-0.2, 0) is 0 Å². The van der Waals surface area contributed by atoms with Crippen LogP contribution in [-0.4, -0.2) is 42.1 Å². The Morgan fingerprint density at radius 1 is 1.53 bits per heavy atom. The lowest BCUT2D eigenvalue weighted by Gasteiger charge is -2.25. The second-order valence-electron chi connectivity index (χ2n) is 4.58. The summed E-state index contributed by atoms with van der Waals surface area (Å²) < 4.78 is 5.01. The van der Waals surface area contributed by atoms with Crippen molar-refractivity contribution in [3.63, 3.8) is 0 Å². The second kappa shape index (κ2) is 5.31. The van der Waals surface area contributed by atoms with Gasteiger partial charge in [0, 0.05) is 19.2 Å². The normalized spacial score (nSPS) is 20.9. The summed E-state index contributed by atoms with van der Waals surface area (Å²) in [6, 6.07) is 1.98. The lowest BCUT2D eigenvalue weighted by atomic mass is 10.1. The van der Waals surface area contributed by atoms with Gasteiger partial charge in [-0.1, -0.05) is 5.16 Å². The first-order valence-electron chi connectivity index (χ1n) is 6.09. The van der Waals surface area contributed by atoms with Gasteiger partial charge in [0.15, 0.2) is 0 Å². The third kappa shape index (κ3) is 2.85. The highest BCUT2D eigenvalue weighted by molar-refractivity contribution is 5.91. The van der Waals surface area contributed by atoms with Gasteiger partial charge in [0.1, 0.15) is 0 Å². The molecule has 1 amide bonds. The summed E-state index contributed by atoms with van der Waals surface area (Å²) in [5.41, 5.74) is 0.740. The van der Waals surface area contributed by atoms with Crippen molar-refractivity contribution in [2.45, 2.75) is 32.2 Å². The van der Waals surface area contributed by atoms with Gasteiger partial charge in [0.25, 0.3) is 5.91 Å². The number of hydrogen-bond donors (Lipinski definition) is 1. The molecule has 5 heteroatoms. The van der Waals surface area contributed by atoms with Crippen molar-refractivity contribution < 1.29 is 9.32 Å². The van der Waals surface area contributed by atoms with Crippen LogP contribution in [0.1, 0.15) is 35.5 Å². The van der Waals surface area contributed by atoms with Crippen LogP contribution in [0.15, 0.2) is 10.6 Å². The van der Waals surface area contributed by atoms with Crippen molar-refractivity contribution in [1.82, 2.24) is 15.4 Å². The molecule has 94 valence electrons. The van der Waals surface area contributed by atoms with E-state index in [9.17, 15) is 4.79 Å². The molecular formula is C12H19N3O2. The molecule has 0 bridgehead atoms. The fraction of sp³-hybridized carbons (Fsp3) is 0.667. The predicted molar refractivity (Wildman–Crippen MR) is 63.8 cm³/mol. The van der Waals surface area contributed by atoms with Crippen LogP contribution >= 0.6 is 0 Å². The number of aryl methyl sites for hydroxylation is 1. The van der Waals surface area contributed by atoms with E-state index in [1.165, 1.54) is 0 Å². The molecule has 1 saturated heterocycles. The standard InChI is InChI=1S/C12H19N3O2/c1-9-8-11(17-14-9)12(16)15(2)10-4-3-6-13-7-5-10/h8,10,13H,3-7H2,1-2H3. The van der Waals surface area contributed by atoms with Crippen LogP contribution in [0.25, 0.3) is 0 Å². The smallest absolute Gasteiger partial charge is 0.292 e. The largest absolute Gasteiger partial charge is 0.351 e. The summed E-state index contributed by atoms with van der Waals surface area (Å²) in [6.45, 7) is 3.83. The average molecular weight is 237 g/mol. The van der Waals surface area contributed by atoms with Gasteiger partial charge in [-0.15, -0.1) is 0 Å². The number of hydrogen-bond acceptors (Lipinski definition) is 4. The number of rotatable bonds is 2. The summed E-state index contributed by atoms with van der Waals surface area (Å²) >= 11 is 0. The van der Waals surface area contributed by atoms with E-state index in [1.54, 1.807) is 11.0 Å². The second-order valence-corrected chi connectivity index (χ2v) is 4.58. The molecule has 0 spiro atoms. The monoisotopic (exact) mass is 237 g/mol. The van der Waals surface area contributed by atoms with Crippen molar-refractivity contribution in [1.29, 1.82) is 0 Å². The maximum atomic E-state index is 12.1. The molecule has 1 N–H and O–H groups in total. The Morgan fingerprint density at radius 2 is 2.35 bits per heavy atom. The van der Waals surface area contributed by atoms with E-state index in [-0.39, 0.29) is 5.91 Å². The first kappa shape index (κ1) is 12.1. The van der Waals surface area contributed by atoms with Gasteiger partial charge in [0.05, 0.1) is 5.69 Å². The highest BCUT2D eigenvalue weighted by Crippen LogP contribution is 2.15. The Balaban J connectivity index is 2.03. The molecule has 0 aromatic carbocycles. The molecule has 5 nitrogen and oxygen atoms in total. The average Bonchev–Trinajstić information content (AvgIpc) is 2.60. The van der Waals surface area contributed by atoms with Crippen LogP contribution in [0.3, 0.4) is 0 Å². The molecule has 1 aliphatic heterocycles. The van der Waals surface area contributed by atoms with Crippen LogP contribution in [0.5, 0.6) is 0 Å². The molecule has 1 aromatic rings. The van der Waals surface area contributed by atoms with Crippen LogP contribution < -0.4 is 5.32 Å². The van der Waals surface area contributed by atoms with Crippen LogP contribution in [0, 0.1) is 6.92 Å². The molecule has 2 heterocycles. The van der Waals surface area contributed by atoms with Gasteiger partial charge in [-0.2, -0.15) is 0 Å². The maximum Gasteiger partial charge on any atom is 0.292 e. The molecule has 0 radical (unpaired) electrons. The van der Waals surface area contributed by atoms with Crippen molar-refractivity contribution in [3.8, 4) is 0 Å². The molecular weight excluding hydrogens is 218 g/mol. The summed E-state index contributed by atoms with van der Waals surface area (Å²) in [5.74, 6) is 0.264. The van der Waals surface area contributed by atoms with Crippen molar-refractivity contribution in [2.24, 2.45) is 0 Å². The van der Waals surface area contributed by atoms with Crippen LogP contribution in [0.4, 0.5) is 0 Å². The van der Waals surface area contributed by atoms with E-state index in [4.69, 9.17) is 4.52 Å². The van der Waals surface area contributed by atoms with E-state index >= 15 is 0 Å². The van der Waals surface area contributed by atoms with Gasteiger partial charge in [-0.05, 0) is 39.3 Å². The molecule has 1 aliphatic rings. The number of nitrogens with one attached hydrogen (secondary N) is 1. The number of amides is 1. The van der Waals surface area contributed by atoms with Crippen molar-refractivity contribution in [2.75, 3.05) is 20.1 Å². The Hall–Kier alpha value is -1.36. The molecule has 17 heavy (non-hydrogen) atoms. The zero-order chi connectivity index (χ0) is 12.3. The van der Waals surface area contributed by atoms with E-state index in [0.717, 1.165) is 38.0 Å². The van der Waals surface area contributed by atoms with Gasteiger partial charge in [-0.25, -0.2) is 0 Å². The summed E-state index contributed by atoms with van der Waals surface area (Å²) in [4.78, 5) is 13.9. The van der Waals surface area contributed by atoms with Gasteiger partial charge in [0.2, 0.25) is 5.76 Å². The minimum atomic E-state index is -0.0718. The van der Waals surface area contributed by atoms with Gasteiger partial charge >= 0.3 is 0 Å². The Kier molecular flexibility index (Phi) is 3.78. The fourth-order valence-corrected chi connectivity index (χ4v) is 2.19. The number of carbonyl (C=O) groups excluding carboxylic acids is 1. The molecule has 0 aliphatic carbocycles. The Morgan fingerprint density at radius 3 is 3.06 bits per heavy atom. The van der Waals surface area contributed by atoms with Crippen molar-refractivity contribution in [3.05, 3.63) is 17.5 Å². The van der Waals surface area contributed by atoms with Crippen molar-refractivity contribution >= 4 is 5.91 Å². The summed E-state index contributed by atoms with van der Waals surface area (Å²) in [5, 5.41) is 7.09. The molecule has 1 aromatic heterocycles. The minimum Gasteiger partial charge on any atom is -0.351 e. The third-order valence-corrected chi connectivity index (χ3v) is 3.25. The first-order chi connectivity index (χ1) is 8.18. The van der Waals surface area contributed by atoms with E-state index in [1.807, 2.05) is 14.0 Å². The Bertz CT molecular complexity index is 381. The maximum absolute atomic E-state index is 12.1. The first-order valence-corrected chi connectivity index (χ1v) is 6.09. The Labute approximate surface area is 101 Å². The number of nitrogens with zero attached hydrogens (tertiary/aromatic N) is 2. The fourth-order valence-electron chi connectivity index (χ4n) is 2.19. The SMILES string of the molecule is Cc1cc(C(=O)N(C)C2CCCNCC2)on1. The lowest BCUT2D eigenvalue weighted by Crippen LogP contribution is -2.37. The zero-order valence-electron chi connectivity index (χ0n) is 10.4. The molecule has 2 rings (SSSR count). The molecule has 1 unspecified atom stereocenters. The molecule has 1 atom stereocenters. The third-order valence-electron chi connectivity index (χ3n) is 3.25. The lowest BCUT2D eigenvalue weighted by molar-refractivity contribution is 0.0678. The number of aromatic nitrogens is 1. The molecule has 1 fully saturated rings. The molecule has 0 saturated carbocycles. The van der Waals surface area contributed by atoms with Gasteiger partial charge in [-0.3, -0.25) is 4.79 Å². The minimum absolute atomic E-state index is 0.0718. The van der Waals surface area contributed by atoms with E-state index < -0.39 is 0 Å². The topological polar surface area (TPSA) is 58.4 Å². The highest BCUT2D eigenvalue weighted by Gasteiger charge is 2.24. The van der Waals surface area contributed by atoms with E-state index in [0.29, 0.717) is 11.8 Å². The summed E-state index contributed by atoms with van der Waals surface area (Å²) in [7, 11) is 1.84. The highest BCUT2D eigenvalue weighted by atomic mass is 16.5. The quantitative estimate of drug-likeness (QED) is 0.839. The summed E-state index contributed by atoms with van der Waals surface area (Å²) in [6.07, 6.45) is 3.15. The zero-order valence-corrected chi connectivity index (χ0v) is 10.4. The predicted octanol–water partition coefficient (Wildman–Crippen LogP) is 1.20. The van der Waals surface area contributed by atoms with Gasteiger partial charge < -0.3 is 14.7 Å².